The molecule has 2 rings (SSSR count). The molecule has 0 radical (unpaired) electrons. The van der Waals surface area contributed by atoms with E-state index in [-0.39, 0.29) is 6.04 Å². The normalized spacial score (nSPS) is 20.6. The zero-order valence-corrected chi connectivity index (χ0v) is 11.2. The van der Waals surface area contributed by atoms with Gasteiger partial charge in [0.05, 0.1) is 0 Å². The van der Waals surface area contributed by atoms with E-state index in [1.54, 1.807) is 0 Å². The second-order valence-electron chi connectivity index (χ2n) is 5.91. The molecule has 2 N–H and O–H groups in total. The topological polar surface area (TPSA) is 29.3 Å². The molecule has 2 nitrogen and oxygen atoms in total. The van der Waals surface area contributed by atoms with Crippen molar-refractivity contribution in [3.63, 3.8) is 0 Å². The lowest BCUT2D eigenvalue weighted by molar-refractivity contribution is 0.418. The molecule has 1 atom stereocenters. The first kappa shape index (κ1) is 12.4. The van der Waals surface area contributed by atoms with Gasteiger partial charge in [-0.25, -0.2) is 0 Å². The number of nitrogens with two attached hydrogens (primary N) is 1. The molecule has 0 aromatic heterocycles. The Morgan fingerprint density at radius 2 is 2.06 bits per heavy atom. The maximum absolute atomic E-state index is 6.20. The molecule has 1 aliphatic rings. The Hall–Kier alpha value is -1.02. The van der Waals surface area contributed by atoms with E-state index in [0.717, 1.165) is 19.5 Å². The fourth-order valence-corrected chi connectivity index (χ4v) is 2.63. The van der Waals surface area contributed by atoms with Gasteiger partial charge in [-0.05, 0) is 29.9 Å². The zero-order chi connectivity index (χ0) is 12.5. The maximum atomic E-state index is 6.20. The largest absolute Gasteiger partial charge is 0.371 e. The lowest BCUT2D eigenvalue weighted by Gasteiger charge is -2.26. The van der Waals surface area contributed by atoms with Crippen molar-refractivity contribution >= 4 is 5.69 Å². The fraction of sp³-hybridized carbons (Fsp3) is 0.600. The SMILES string of the molecule is CC[C@H](N)c1ccccc1N1CCC(C)(C)C1. The van der Waals surface area contributed by atoms with Crippen LogP contribution in [0.1, 0.15) is 45.2 Å². The van der Waals surface area contributed by atoms with E-state index in [0.29, 0.717) is 5.41 Å². The van der Waals surface area contributed by atoms with Crippen molar-refractivity contribution in [3.05, 3.63) is 29.8 Å². The van der Waals surface area contributed by atoms with Crippen molar-refractivity contribution in [2.45, 2.75) is 39.7 Å². The number of para-hydroxylation sites is 1. The average Bonchev–Trinajstić information content (AvgIpc) is 2.68. The molecule has 94 valence electrons. The summed E-state index contributed by atoms with van der Waals surface area (Å²) in [5.74, 6) is 0. The maximum Gasteiger partial charge on any atom is 0.0414 e. The third-order valence-corrected chi connectivity index (χ3v) is 3.79. The quantitative estimate of drug-likeness (QED) is 0.866. The molecule has 1 heterocycles. The van der Waals surface area contributed by atoms with E-state index in [9.17, 15) is 0 Å². The van der Waals surface area contributed by atoms with E-state index in [1.165, 1.54) is 17.7 Å². The second-order valence-corrected chi connectivity index (χ2v) is 5.91. The number of hydrogen-bond acceptors (Lipinski definition) is 2. The van der Waals surface area contributed by atoms with E-state index in [2.05, 4.69) is 49.9 Å². The molecule has 0 bridgehead atoms. The monoisotopic (exact) mass is 232 g/mol. The van der Waals surface area contributed by atoms with Gasteiger partial charge in [-0.3, -0.25) is 0 Å². The van der Waals surface area contributed by atoms with Crippen LogP contribution in [-0.2, 0) is 0 Å². The van der Waals surface area contributed by atoms with Crippen molar-refractivity contribution in [3.8, 4) is 0 Å². The molecule has 17 heavy (non-hydrogen) atoms. The summed E-state index contributed by atoms with van der Waals surface area (Å²) in [5.41, 5.74) is 9.28. The molecular weight excluding hydrogens is 208 g/mol. The minimum atomic E-state index is 0.162. The van der Waals surface area contributed by atoms with E-state index < -0.39 is 0 Å². The van der Waals surface area contributed by atoms with Crippen LogP contribution >= 0.6 is 0 Å². The molecule has 1 aliphatic heterocycles. The van der Waals surface area contributed by atoms with E-state index >= 15 is 0 Å². The molecular formula is C15H24N2. The van der Waals surface area contributed by atoms with Gasteiger partial charge in [0.1, 0.15) is 0 Å². The third-order valence-electron chi connectivity index (χ3n) is 3.79. The van der Waals surface area contributed by atoms with Gasteiger partial charge in [-0.15, -0.1) is 0 Å². The Bertz CT molecular complexity index is 384. The molecule has 0 aliphatic carbocycles. The number of nitrogens with zero attached hydrogens (tertiary/aromatic N) is 1. The van der Waals surface area contributed by atoms with Gasteiger partial charge in [0, 0.05) is 24.8 Å². The van der Waals surface area contributed by atoms with Gasteiger partial charge in [0.2, 0.25) is 0 Å². The summed E-state index contributed by atoms with van der Waals surface area (Å²) >= 11 is 0. The second kappa shape index (κ2) is 4.69. The molecule has 0 unspecified atom stereocenters. The van der Waals surface area contributed by atoms with Crippen molar-refractivity contribution in [2.75, 3.05) is 18.0 Å². The fourth-order valence-electron chi connectivity index (χ4n) is 2.63. The molecule has 0 saturated carbocycles. The Balaban J connectivity index is 2.27. The van der Waals surface area contributed by atoms with Crippen molar-refractivity contribution in [1.82, 2.24) is 0 Å². The zero-order valence-electron chi connectivity index (χ0n) is 11.2. The summed E-state index contributed by atoms with van der Waals surface area (Å²) in [6.07, 6.45) is 2.26. The molecule has 1 saturated heterocycles. The van der Waals surface area contributed by atoms with Crippen LogP contribution in [0.4, 0.5) is 5.69 Å². The Labute approximate surface area is 105 Å². The molecule has 2 heteroatoms. The van der Waals surface area contributed by atoms with Crippen molar-refractivity contribution < 1.29 is 0 Å². The highest BCUT2D eigenvalue weighted by Crippen LogP contribution is 2.35. The Morgan fingerprint density at radius 1 is 1.35 bits per heavy atom. The van der Waals surface area contributed by atoms with E-state index in [1.807, 2.05) is 0 Å². The molecule has 0 spiro atoms. The van der Waals surface area contributed by atoms with Crippen LogP contribution in [-0.4, -0.2) is 13.1 Å². The average molecular weight is 232 g/mol. The van der Waals surface area contributed by atoms with Crippen LogP contribution in [0, 0.1) is 5.41 Å². The van der Waals surface area contributed by atoms with Gasteiger partial charge >= 0.3 is 0 Å². The minimum Gasteiger partial charge on any atom is -0.371 e. The number of rotatable bonds is 3. The smallest absolute Gasteiger partial charge is 0.0414 e. The summed E-state index contributed by atoms with van der Waals surface area (Å²) in [4.78, 5) is 2.49. The third kappa shape index (κ3) is 2.63. The number of benzene rings is 1. The van der Waals surface area contributed by atoms with Gasteiger partial charge in [-0.2, -0.15) is 0 Å². The molecule has 1 aromatic carbocycles. The van der Waals surface area contributed by atoms with Crippen LogP contribution in [0.2, 0.25) is 0 Å². The number of anilines is 1. The van der Waals surface area contributed by atoms with Gasteiger partial charge < -0.3 is 10.6 Å². The summed E-state index contributed by atoms with van der Waals surface area (Å²) in [7, 11) is 0. The van der Waals surface area contributed by atoms with Gasteiger partial charge in [0.25, 0.3) is 0 Å². The standard InChI is InChI=1S/C15H24N2/c1-4-13(16)12-7-5-6-8-14(12)17-10-9-15(2,3)11-17/h5-8,13H,4,9-11,16H2,1-3H3/t13-/m0/s1. The van der Waals surface area contributed by atoms with Gasteiger partial charge in [-0.1, -0.05) is 39.0 Å². The van der Waals surface area contributed by atoms with Crippen LogP contribution in [0.25, 0.3) is 0 Å². The first-order valence-electron chi connectivity index (χ1n) is 6.63. The lowest BCUT2D eigenvalue weighted by Crippen LogP contribution is -2.25. The molecule has 1 aromatic rings. The summed E-state index contributed by atoms with van der Waals surface area (Å²) in [5, 5.41) is 0. The Kier molecular flexibility index (Phi) is 3.43. The van der Waals surface area contributed by atoms with Crippen molar-refractivity contribution in [2.24, 2.45) is 11.1 Å². The summed E-state index contributed by atoms with van der Waals surface area (Å²) < 4.78 is 0. The predicted molar refractivity (Wildman–Crippen MR) is 74.3 cm³/mol. The summed E-state index contributed by atoms with van der Waals surface area (Å²) in [6, 6.07) is 8.76. The molecule has 1 fully saturated rings. The predicted octanol–water partition coefficient (Wildman–Crippen LogP) is 3.33. The molecule has 0 amide bonds. The minimum absolute atomic E-state index is 0.162. The van der Waals surface area contributed by atoms with Crippen LogP contribution in [0.5, 0.6) is 0 Å². The highest BCUT2D eigenvalue weighted by atomic mass is 15.2. The summed E-state index contributed by atoms with van der Waals surface area (Å²) in [6.45, 7) is 9.13. The highest BCUT2D eigenvalue weighted by Gasteiger charge is 2.30. The van der Waals surface area contributed by atoms with Gasteiger partial charge in [0.15, 0.2) is 0 Å². The van der Waals surface area contributed by atoms with Crippen molar-refractivity contribution in [1.29, 1.82) is 0 Å². The highest BCUT2D eigenvalue weighted by molar-refractivity contribution is 5.56. The first-order valence-corrected chi connectivity index (χ1v) is 6.63. The lowest BCUT2D eigenvalue weighted by atomic mass is 9.93. The Morgan fingerprint density at radius 3 is 2.65 bits per heavy atom. The first-order chi connectivity index (χ1) is 8.03. The number of hydrogen-bond donors (Lipinski definition) is 1. The van der Waals surface area contributed by atoms with Crippen LogP contribution < -0.4 is 10.6 Å². The van der Waals surface area contributed by atoms with Crippen LogP contribution in [0.15, 0.2) is 24.3 Å². The van der Waals surface area contributed by atoms with Crippen LogP contribution in [0.3, 0.4) is 0 Å². The van der Waals surface area contributed by atoms with E-state index in [4.69, 9.17) is 5.73 Å².